The van der Waals surface area contributed by atoms with Crippen LogP contribution >= 0.6 is 11.6 Å². The molecule has 8 heteroatoms. The quantitative estimate of drug-likeness (QED) is 0.302. The number of rotatable bonds is 12. The second-order valence-electron chi connectivity index (χ2n) is 9.17. The first-order chi connectivity index (χ1) is 17.8. The Bertz CT molecular complexity index is 1150. The normalized spacial score (nSPS) is 15.6. The molecule has 2 aromatic rings. The molecule has 7 nitrogen and oxygen atoms in total. The van der Waals surface area contributed by atoms with Crippen LogP contribution in [0.2, 0.25) is 5.02 Å². The van der Waals surface area contributed by atoms with Crippen LogP contribution in [0.3, 0.4) is 0 Å². The van der Waals surface area contributed by atoms with Crippen LogP contribution in [-0.4, -0.2) is 42.4 Å². The minimum Gasteiger partial charge on any atom is -0.463 e. The Morgan fingerprint density at radius 3 is 2.59 bits per heavy atom. The number of hydrogen-bond donors (Lipinski definition) is 2. The van der Waals surface area contributed by atoms with Crippen LogP contribution in [0.15, 0.2) is 59.8 Å². The smallest absolute Gasteiger partial charge is 0.336 e. The van der Waals surface area contributed by atoms with Crippen LogP contribution in [0.5, 0.6) is 0 Å². The van der Waals surface area contributed by atoms with Crippen molar-refractivity contribution in [1.29, 1.82) is 0 Å². The molecule has 3 N–H and O–H groups in total. The monoisotopic (exact) mass is 525 g/mol. The van der Waals surface area contributed by atoms with Gasteiger partial charge in [0.05, 0.1) is 18.7 Å². The lowest BCUT2D eigenvalue weighted by atomic mass is 9.83. The van der Waals surface area contributed by atoms with Crippen molar-refractivity contribution in [3.63, 3.8) is 0 Å². The fraction of sp³-hybridized carbons (Fsp3) is 0.414. The van der Waals surface area contributed by atoms with Gasteiger partial charge in [-0.2, -0.15) is 0 Å². The van der Waals surface area contributed by atoms with E-state index in [1.165, 1.54) is 0 Å². The molecule has 37 heavy (non-hydrogen) atoms. The number of nitrogens with zero attached hydrogens (tertiary/aromatic N) is 1. The molecule has 198 valence electrons. The van der Waals surface area contributed by atoms with Gasteiger partial charge in [-0.25, -0.2) is 4.79 Å². The molecule has 0 fully saturated rings. The fourth-order valence-corrected chi connectivity index (χ4v) is 4.80. The van der Waals surface area contributed by atoms with E-state index in [1.54, 1.807) is 49.1 Å². The van der Waals surface area contributed by atoms with Crippen molar-refractivity contribution in [1.82, 2.24) is 10.2 Å². The van der Waals surface area contributed by atoms with Gasteiger partial charge in [-0.3, -0.25) is 9.59 Å². The number of amides is 2. The lowest BCUT2D eigenvalue weighted by Gasteiger charge is -2.34. The number of benzene rings is 2. The number of hydrogen-bond acceptors (Lipinski definition) is 5. The minimum atomic E-state index is -0.443. The summed E-state index contributed by atoms with van der Waals surface area (Å²) in [4.78, 5) is 40.5. The number of nitrogens with two attached hydrogens (primary N) is 1. The summed E-state index contributed by atoms with van der Waals surface area (Å²) in [7, 11) is 0. The van der Waals surface area contributed by atoms with Crippen LogP contribution in [0.4, 0.5) is 0 Å². The Labute approximate surface area is 224 Å². The first kappa shape index (κ1) is 28.4. The maximum Gasteiger partial charge on any atom is 0.336 e. The number of unbranched alkanes of at least 4 members (excludes halogenated alkanes) is 3. The Morgan fingerprint density at radius 2 is 1.86 bits per heavy atom. The van der Waals surface area contributed by atoms with Gasteiger partial charge < -0.3 is 20.7 Å². The molecule has 1 heterocycles. The van der Waals surface area contributed by atoms with E-state index >= 15 is 0 Å². The zero-order valence-electron chi connectivity index (χ0n) is 21.6. The first-order valence-corrected chi connectivity index (χ1v) is 13.2. The summed E-state index contributed by atoms with van der Waals surface area (Å²) >= 11 is 6.20. The minimum absolute atomic E-state index is 0.108. The van der Waals surface area contributed by atoms with Crippen LogP contribution in [0.1, 0.15) is 73.4 Å². The summed E-state index contributed by atoms with van der Waals surface area (Å²) in [6, 6.07) is 14.4. The molecule has 0 radical (unpaired) electrons. The number of halogens is 1. The van der Waals surface area contributed by atoms with E-state index in [0.29, 0.717) is 34.9 Å². The second kappa shape index (κ2) is 14.0. The van der Waals surface area contributed by atoms with E-state index in [-0.39, 0.29) is 31.4 Å². The van der Waals surface area contributed by atoms with Gasteiger partial charge in [-0.15, -0.1) is 0 Å². The van der Waals surface area contributed by atoms with Gasteiger partial charge in [0.25, 0.3) is 5.91 Å². The van der Waals surface area contributed by atoms with Gasteiger partial charge in [0.1, 0.15) is 0 Å². The number of carbonyl (C=O) groups is 3. The van der Waals surface area contributed by atoms with Crippen molar-refractivity contribution in [2.45, 2.75) is 58.4 Å². The van der Waals surface area contributed by atoms with E-state index in [0.717, 1.165) is 36.8 Å². The van der Waals surface area contributed by atoms with E-state index in [4.69, 9.17) is 22.1 Å². The van der Waals surface area contributed by atoms with Gasteiger partial charge in [0.2, 0.25) is 5.91 Å². The van der Waals surface area contributed by atoms with Crippen molar-refractivity contribution in [3.8, 4) is 0 Å². The summed E-state index contributed by atoms with van der Waals surface area (Å²) in [5.74, 6) is -1.14. The number of carbonyl (C=O) groups excluding carboxylic acids is 3. The average Bonchev–Trinajstić information content (AvgIpc) is 2.88. The number of esters is 1. The third-order valence-electron chi connectivity index (χ3n) is 6.52. The molecule has 0 spiro atoms. The summed E-state index contributed by atoms with van der Waals surface area (Å²) in [6.07, 6.45) is 4.11. The highest BCUT2D eigenvalue weighted by atomic mass is 35.5. The maximum atomic E-state index is 13.3. The van der Waals surface area contributed by atoms with Crippen molar-refractivity contribution in [3.05, 3.63) is 81.5 Å². The molecular formula is C29H36ClN3O4. The predicted molar refractivity (Wildman–Crippen MR) is 145 cm³/mol. The first-order valence-electron chi connectivity index (χ1n) is 12.9. The van der Waals surface area contributed by atoms with Crippen LogP contribution in [0.25, 0.3) is 0 Å². The van der Waals surface area contributed by atoms with Gasteiger partial charge in [-0.05, 0) is 68.6 Å². The molecule has 3 rings (SSSR count). The summed E-state index contributed by atoms with van der Waals surface area (Å²) in [5, 5.41) is 3.50. The number of allylic oxidation sites excluding steroid dienone is 1. The molecule has 2 amide bonds. The average molecular weight is 526 g/mol. The topological polar surface area (TPSA) is 102 Å². The Morgan fingerprint density at radius 1 is 1.11 bits per heavy atom. The van der Waals surface area contributed by atoms with Gasteiger partial charge in [-0.1, -0.05) is 48.7 Å². The maximum absolute atomic E-state index is 13.3. The van der Waals surface area contributed by atoms with Gasteiger partial charge >= 0.3 is 5.97 Å². The van der Waals surface area contributed by atoms with Crippen molar-refractivity contribution < 1.29 is 19.1 Å². The molecule has 0 saturated heterocycles. The summed E-state index contributed by atoms with van der Waals surface area (Å²) < 4.78 is 5.36. The highest BCUT2D eigenvalue weighted by Crippen LogP contribution is 2.38. The molecule has 0 aromatic heterocycles. The SMILES string of the molecule is CCOC(=O)C1=C(C)N(Cc2cccc(C(=O)NCCCCCCN)c2)C(=O)CC1c1cccc(Cl)c1. The van der Waals surface area contributed by atoms with Crippen LogP contribution in [0, 0.1) is 0 Å². The largest absolute Gasteiger partial charge is 0.463 e. The van der Waals surface area contributed by atoms with E-state index in [2.05, 4.69) is 5.32 Å². The highest BCUT2D eigenvalue weighted by molar-refractivity contribution is 6.30. The molecule has 1 aliphatic rings. The lowest BCUT2D eigenvalue weighted by Crippen LogP contribution is -2.38. The third-order valence-corrected chi connectivity index (χ3v) is 6.75. The Kier molecular flexibility index (Phi) is 10.7. The van der Waals surface area contributed by atoms with Gasteiger partial charge in [0.15, 0.2) is 0 Å². The molecule has 0 bridgehead atoms. The van der Waals surface area contributed by atoms with E-state index < -0.39 is 11.9 Å². The summed E-state index contributed by atoms with van der Waals surface area (Å²) in [6.45, 7) is 5.29. The van der Waals surface area contributed by atoms with E-state index in [1.807, 2.05) is 18.2 Å². The van der Waals surface area contributed by atoms with Crippen molar-refractivity contribution >= 4 is 29.4 Å². The zero-order valence-corrected chi connectivity index (χ0v) is 22.4. The highest BCUT2D eigenvalue weighted by Gasteiger charge is 2.37. The molecule has 0 aliphatic carbocycles. The predicted octanol–water partition coefficient (Wildman–Crippen LogP) is 4.94. The number of ether oxygens (including phenoxy) is 1. The number of nitrogens with one attached hydrogen (secondary N) is 1. The molecule has 1 unspecified atom stereocenters. The van der Waals surface area contributed by atoms with Crippen molar-refractivity contribution in [2.24, 2.45) is 5.73 Å². The Hall–Kier alpha value is -3.16. The molecule has 0 saturated carbocycles. The molecule has 1 aliphatic heterocycles. The van der Waals surface area contributed by atoms with Crippen LogP contribution in [-0.2, 0) is 20.9 Å². The molecular weight excluding hydrogens is 490 g/mol. The summed E-state index contributed by atoms with van der Waals surface area (Å²) in [5.41, 5.74) is 8.64. The zero-order chi connectivity index (χ0) is 26.8. The standard InChI is InChI=1S/C29H36ClN3O4/c1-3-37-29(36)27-20(2)33(26(34)18-25(27)22-11-9-13-24(30)17-22)19-21-10-8-12-23(16-21)28(35)32-15-7-5-4-6-14-31/h8-13,16-17,25H,3-7,14-15,18-19,31H2,1-2H3,(H,32,35). The molecule has 2 aromatic carbocycles. The van der Waals surface area contributed by atoms with E-state index in [9.17, 15) is 14.4 Å². The second-order valence-corrected chi connectivity index (χ2v) is 9.61. The Balaban J connectivity index is 1.79. The lowest BCUT2D eigenvalue weighted by molar-refractivity contribution is -0.140. The van der Waals surface area contributed by atoms with Crippen molar-refractivity contribution in [2.75, 3.05) is 19.7 Å². The molecule has 1 atom stereocenters. The van der Waals surface area contributed by atoms with Gasteiger partial charge in [0, 0.05) is 35.2 Å². The van der Waals surface area contributed by atoms with Crippen LogP contribution < -0.4 is 11.1 Å². The fourth-order valence-electron chi connectivity index (χ4n) is 4.61. The third kappa shape index (κ3) is 7.66.